The second-order valence-corrected chi connectivity index (χ2v) is 36.6. The number of imidazole rings is 6. The van der Waals surface area contributed by atoms with E-state index >= 15 is 0 Å². The van der Waals surface area contributed by atoms with Gasteiger partial charge in [0.15, 0.2) is 58.2 Å². The number of aryl methyl sites for hydroxylation is 4. The van der Waals surface area contributed by atoms with Crippen LogP contribution in [0.1, 0.15) is 141 Å². The second-order valence-electron chi connectivity index (χ2n) is 35.3. The lowest BCUT2D eigenvalue weighted by Crippen LogP contribution is -2.09. The van der Waals surface area contributed by atoms with Gasteiger partial charge in [-0.15, -0.1) is 51.0 Å². The fourth-order valence-electron chi connectivity index (χ4n) is 18.3. The SMILES string of the molecule is COCc1nnc2n1Cc1c(C#CC3=CN=C(C)C3)ncn1-c1ccc(C)cc1-2.COCc1nnc2n1Cc1c(C#CC3=CN=C(C)C3)ncn1-c1ccc(Cl)cc1-2.COCc1nnc2n1Cc1c(C#Cc3ccc4nccn4c3)ncn1-c1ccc(C)cc1-2.COCc1nnc2n1Cc1c(C#Cc3ccn(C)n3)ncn1-c1ccc(Cl)cc1-2.COCc1nnc2n1Cc1c(C#Cc3ccnn3C)ncn1-c1ccc(Cl)cc1-2. The number of nitrogens with zero attached hydrogens (tertiary/aromatic N) is 33. The molecule has 0 atom stereocenters. The number of aromatic nitrogens is 31. The molecule has 5 aromatic carbocycles. The van der Waals surface area contributed by atoms with Crippen molar-refractivity contribution in [3.8, 4) is 145 Å². The van der Waals surface area contributed by atoms with Crippen LogP contribution in [0.25, 0.3) is 91.0 Å². The van der Waals surface area contributed by atoms with E-state index in [4.69, 9.17) is 58.5 Å². The van der Waals surface area contributed by atoms with Gasteiger partial charge in [0.25, 0.3) is 0 Å². The summed E-state index contributed by atoms with van der Waals surface area (Å²) in [6, 6.07) is 37.5. The van der Waals surface area contributed by atoms with E-state index in [0.717, 1.165) is 218 Å². The summed E-state index contributed by atoms with van der Waals surface area (Å²) in [7, 11) is 12.0. The lowest BCUT2D eigenvalue weighted by molar-refractivity contribution is 0.174. The number of allylic oxidation sites excluding steroid dienone is 2. The number of ether oxygens (including phenoxy) is 5. The summed E-state index contributed by atoms with van der Waals surface area (Å²) in [6.07, 6.45) is 23.5. The maximum Gasteiger partial charge on any atom is 0.166 e. The van der Waals surface area contributed by atoms with E-state index in [1.54, 1.807) is 76.3 Å². The molecule has 0 saturated heterocycles. The topological polar surface area (TPSA) is 366 Å². The van der Waals surface area contributed by atoms with E-state index < -0.39 is 0 Å². The smallest absolute Gasteiger partial charge is 0.166 e. The zero-order valence-electron chi connectivity index (χ0n) is 81.8. The Kier molecular flexibility index (Phi) is 26.2. The average molecular weight is 2020 g/mol. The molecule has 0 amide bonds. The molecular formula is C107H88Cl3N33O5. The molecule has 0 spiro atoms. The summed E-state index contributed by atoms with van der Waals surface area (Å²) in [5.74, 6) is 39.6. The molecule has 41 heteroatoms. The molecule has 7 aliphatic rings. The predicted molar refractivity (Wildman–Crippen MR) is 551 cm³/mol. The number of hydrogen-bond acceptors (Lipinski definition) is 25. The van der Waals surface area contributed by atoms with Crippen LogP contribution in [0.2, 0.25) is 15.1 Å². The Hall–Kier alpha value is -17.8. The van der Waals surface area contributed by atoms with E-state index in [0.29, 0.717) is 97.9 Å². The van der Waals surface area contributed by atoms with Crippen LogP contribution >= 0.6 is 34.8 Å². The fourth-order valence-corrected chi connectivity index (χ4v) is 18.8. The summed E-state index contributed by atoms with van der Waals surface area (Å²) in [4.78, 5) is 35.8. The van der Waals surface area contributed by atoms with Crippen LogP contribution in [0.5, 0.6) is 0 Å². The molecule has 14 aromatic heterocycles. The van der Waals surface area contributed by atoms with Gasteiger partial charge in [0.1, 0.15) is 110 Å². The third kappa shape index (κ3) is 18.7. The number of hydrogen-bond donors (Lipinski definition) is 0. The summed E-state index contributed by atoms with van der Waals surface area (Å²) in [5, 5.41) is 54.2. The van der Waals surface area contributed by atoms with Gasteiger partial charge in [0.05, 0.1) is 95.8 Å². The highest BCUT2D eigenvalue weighted by Crippen LogP contribution is 2.41. The molecule has 0 saturated carbocycles. The van der Waals surface area contributed by atoms with Crippen molar-refractivity contribution in [3.63, 3.8) is 0 Å². The Labute approximate surface area is 861 Å². The number of pyridine rings is 1. The van der Waals surface area contributed by atoms with Crippen molar-refractivity contribution < 1.29 is 23.7 Å². The molecule has 19 aromatic rings. The van der Waals surface area contributed by atoms with Gasteiger partial charge in [-0.2, -0.15) is 10.2 Å². The van der Waals surface area contributed by atoms with E-state index in [1.807, 2.05) is 182 Å². The first-order valence-electron chi connectivity index (χ1n) is 46.7. The Morgan fingerprint density at radius 2 is 0.682 bits per heavy atom. The summed E-state index contributed by atoms with van der Waals surface area (Å²) < 4.78 is 52.6. The maximum absolute atomic E-state index is 6.28. The zero-order chi connectivity index (χ0) is 101. The lowest BCUT2D eigenvalue weighted by atomic mass is 10.1. The van der Waals surface area contributed by atoms with E-state index in [9.17, 15) is 0 Å². The Bertz CT molecular complexity index is 8810. The molecule has 0 unspecified atom stereocenters. The lowest BCUT2D eigenvalue weighted by Gasteiger charge is -2.08. The first kappa shape index (κ1) is 95.1. The molecule has 21 heterocycles. The van der Waals surface area contributed by atoms with Gasteiger partial charge in [-0.1, -0.05) is 75.8 Å². The van der Waals surface area contributed by atoms with E-state index in [1.165, 1.54) is 5.56 Å². The summed E-state index contributed by atoms with van der Waals surface area (Å²) in [5.41, 5.74) is 27.8. The maximum atomic E-state index is 6.28. The predicted octanol–water partition coefficient (Wildman–Crippen LogP) is 14.3. The number of benzene rings is 5. The van der Waals surface area contributed by atoms with Crippen LogP contribution in [0.3, 0.4) is 0 Å². The monoisotopic (exact) mass is 2020 g/mol. The van der Waals surface area contributed by atoms with Crippen molar-refractivity contribution in [1.82, 2.24) is 151 Å². The molecule has 38 nitrogen and oxygen atoms in total. The number of rotatable bonds is 10. The van der Waals surface area contributed by atoms with Crippen molar-refractivity contribution in [1.29, 1.82) is 0 Å². The molecule has 732 valence electrons. The van der Waals surface area contributed by atoms with E-state index in [-0.39, 0.29) is 0 Å². The Morgan fingerprint density at radius 1 is 0.338 bits per heavy atom. The summed E-state index contributed by atoms with van der Waals surface area (Å²) >= 11 is 18.8. The third-order valence-electron chi connectivity index (χ3n) is 25.4. The van der Waals surface area contributed by atoms with Gasteiger partial charge < -0.3 is 50.9 Å². The van der Waals surface area contributed by atoms with Crippen LogP contribution < -0.4 is 0 Å². The number of halogens is 3. The van der Waals surface area contributed by atoms with Crippen molar-refractivity contribution in [3.05, 3.63) is 331 Å². The Morgan fingerprint density at radius 3 is 1.01 bits per heavy atom. The third-order valence-corrected chi connectivity index (χ3v) is 26.1. The molecule has 0 fully saturated rings. The standard InChI is InChI=1S/C24H19N7O.C22H20N6O.C21H17ClN6O.2C20H16ClN7O/c1-16-3-7-20-18(11-16)24-28-27-23(14-32-2)30(24)13-21-19(26-15-31(20)21)6-4-17-5-8-22-25-9-10-29(22)12-17;1-14-4-7-19-17(8-14)22-26-25-21(12-29-3)27(22)11-20-18(24-13-28(19)20)6-5-16-9-15(2)23-10-16;1-13-7-14(9-23-13)3-5-17-19-10-27-20(11-29-2)25-26-21(27)16-8-15(22)4-6-18(16)28(19)12-24-17;1-26-8-7-14(25-26)4-5-16-18-10-27-19(11-29-2)23-24-20(27)15-9-13(21)3-6-17(15)28(18)12-22-16;1-26-14(7-8-23-26)4-5-16-18-10-27-19(11-29-2)24-25-20(27)15-9-13(21)3-6-17(15)28(18)12-22-16/h3,5,7-12,15H,13-14H2,1-2H3;4,7-8,10,13H,9,11-12H2,1-3H3;4,6,8-9,12H,7,10-11H2,1-2H3;2*3,6-9,12H,10-11H2,1-2H3. The van der Waals surface area contributed by atoms with Gasteiger partial charge in [0, 0.05) is 171 Å². The highest BCUT2D eigenvalue weighted by Gasteiger charge is 2.34. The second kappa shape index (κ2) is 40.8. The molecule has 0 aliphatic carbocycles. The fraction of sp³-hybridized carbons (Fsp3) is 0.215. The zero-order valence-corrected chi connectivity index (χ0v) is 84.1. The van der Waals surface area contributed by atoms with Crippen LogP contribution in [0, 0.1) is 73.1 Å². The minimum absolute atomic E-state index is 0.353. The highest BCUT2D eigenvalue weighted by molar-refractivity contribution is 6.31. The molecule has 7 aliphatic heterocycles. The normalized spacial score (nSPS) is 12.8. The van der Waals surface area contributed by atoms with Crippen LogP contribution in [-0.2, 0) is 104 Å². The number of methoxy groups -OCH3 is 5. The highest BCUT2D eigenvalue weighted by atomic mass is 35.5. The molecule has 0 N–H and O–H groups in total. The molecule has 0 bridgehead atoms. The van der Waals surface area contributed by atoms with Gasteiger partial charge >= 0.3 is 0 Å². The molecule has 0 radical (unpaired) electrons. The molecule has 148 heavy (non-hydrogen) atoms. The number of fused-ring (bicyclic) bond motifs is 26. The van der Waals surface area contributed by atoms with Crippen molar-refractivity contribution >= 4 is 51.9 Å². The van der Waals surface area contributed by atoms with Crippen molar-refractivity contribution in [2.45, 2.75) is 106 Å². The van der Waals surface area contributed by atoms with E-state index in [2.05, 4.69) is 229 Å². The van der Waals surface area contributed by atoms with Gasteiger partial charge in [-0.05, 0) is 172 Å². The average Bonchev–Trinajstić information content (AvgIpc) is 1.62. The molecule has 26 rings (SSSR count). The minimum Gasteiger partial charge on any atom is -0.377 e. The van der Waals surface area contributed by atoms with Gasteiger partial charge in [-0.25, -0.2) is 29.9 Å². The van der Waals surface area contributed by atoms with Gasteiger partial charge in [-0.3, -0.25) is 42.2 Å². The van der Waals surface area contributed by atoms with Crippen molar-refractivity contribution in [2.24, 2.45) is 24.1 Å². The quantitative estimate of drug-likeness (QED) is 0.115. The summed E-state index contributed by atoms with van der Waals surface area (Å²) in [6.45, 7) is 12.7. The molecular weight excluding hydrogens is 1930 g/mol. The first-order chi connectivity index (χ1) is 72.3. The van der Waals surface area contributed by atoms with Crippen LogP contribution in [0.4, 0.5) is 0 Å². The van der Waals surface area contributed by atoms with Crippen LogP contribution in [-0.4, -0.2) is 197 Å². The first-order valence-corrected chi connectivity index (χ1v) is 47.9. The Balaban J connectivity index is 0.000000105. The minimum atomic E-state index is 0.353. The van der Waals surface area contributed by atoms with Crippen LogP contribution in [0.15, 0.2) is 211 Å². The largest absolute Gasteiger partial charge is 0.377 e. The number of aliphatic imine (C=N–C) groups is 2. The van der Waals surface area contributed by atoms with Gasteiger partial charge in [0.2, 0.25) is 0 Å². The van der Waals surface area contributed by atoms with Crippen molar-refractivity contribution in [2.75, 3.05) is 35.5 Å².